The first-order chi connectivity index (χ1) is 9.97. The second kappa shape index (κ2) is 6.78. The van der Waals surface area contributed by atoms with Gasteiger partial charge in [0.05, 0.1) is 17.9 Å². The Bertz CT molecular complexity index is 504. The predicted octanol–water partition coefficient (Wildman–Crippen LogP) is 1.46. The molecule has 21 heavy (non-hydrogen) atoms. The molecule has 1 atom stereocenters. The molecule has 0 aromatic heterocycles. The number of nitrogens with two attached hydrogens (primary N) is 1. The van der Waals surface area contributed by atoms with E-state index in [2.05, 4.69) is 18.7 Å². The van der Waals surface area contributed by atoms with Gasteiger partial charge in [-0.3, -0.25) is 4.90 Å². The molecule has 0 bridgehead atoms. The zero-order chi connectivity index (χ0) is 15.4. The monoisotopic (exact) mass is 294 g/mol. The number of carboxylic acid groups (broad SMARTS) is 1. The number of hydrogen-bond acceptors (Lipinski definition) is 5. The van der Waals surface area contributed by atoms with E-state index in [1.807, 2.05) is 0 Å². The van der Waals surface area contributed by atoms with Crippen LogP contribution < -0.4 is 10.5 Å². The molecule has 6 heteroatoms. The molecular formula is C15H22N2O4. The zero-order valence-electron chi connectivity index (χ0n) is 12.4. The van der Waals surface area contributed by atoms with Crippen molar-refractivity contribution in [1.82, 2.24) is 4.90 Å². The van der Waals surface area contributed by atoms with Gasteiger partial charge in [0.1, 0.15) is 18.5 Å². The Kier molecular flexibility index (Phi) is 5.03. The maximum atomic E-state index is 11.0. The second-order valence-electron chi connectivity index (χ2n) is 5.45. The van der Waals surface area contributed by atoms with Crippen LogP contribution in [-0.2, 0) is 4.74 Å². The van der Waals surface area contributed by atoms with Crippen molar-refractivity contribution in [3.63, 3.8) is 0 Å². The molecule has 1 heterocycles. The molecule has 6 nitrogen and oxygen atoms in total. The Morgan fingerprint density at radius 3 is 3.00 bits per heavy atom. The molecule has 1 aliphatic heterocycles. The van der Waals surface area contributed by atoms with Crippen LogP contribution in [-0.4, -0.2) is 54.4 Å². The number of morpholine rings is 1. The topological polar surface area (TPSA) is 85.0 Å². The van der Waals surface area contributed by atoms with Gasteiger partial charge in [0.25, 0.3) is 0 Å². The van der Waals surface area contributed by atoms with Crippen LogP contribution in [0.3, 0.4) is 0 Å². The molecule has 3 N–H and O–H groups in total. The Balaban J connectivity index is 1.96. The Labute approximate surface area is 124 Å². The number of carboxylic acids is 1. The molecule has 116 valence electrons. The van der Waals surface area contributed by atoms with E-state index in [9.17, 15) is 4.79 Å². The lowest BCUT2D eigenvalue weighted by atomic mass is 10.2. The minimum atomic E-state index is -1.00. The largest absolute Gasteiger partial charge is 0.489 e. The van der Waals surface area contributed by atoms with E-state index in [1.165, 1.54) is 12.1 Å². The van der Waals surface area contributed by atoms with Crippen LogP contribution in [0.2, 0.25) is 0 Å². The molecule has 1 saturated heterocycles. The van der Waals surface area contributed by atoms with E-state index in [0.717, 1.165) is 13.1 Å². The van der Waals surface area contributed by atoms with Gasteiger partial charge in [0.15, 0.2) is 0 Å². The summed E-state index contributed by atoms with van der Waals surface area (Å²) in [7, 11) is 0. The van der Waals surface area contributed by atoms with Gasteiger partial charge in [-0.1, -0.05) is 0 Å². The lowest BCUT2D eigenvalue weighted by molar-refractivity contribution is -0.0563. The van der Waals surface area contributed by atoms with Crippen LogP contribution in [0.15, 0.2) is 18.2 Å². The van der Waals surface area contributed by atoms with Crippen molar-refractivity contribution < 1.29 is 19.4 Å². The van der Waals surface area contributed by atoms with Gasteiger partial charge in [0, 0.05) is 19.1 Å². The van der Waals surface area contributed by atoms with Gasteiger partial charge >= 0.3 is 5.97 Å². The Morgan fingerprint density at radius 2 is 2.33 bits per heavy atom. The molecule has 2 rings (SSSR count). The summed E-state index contributed by atoms with van der Waals surface area (Å²) in [6.07, 6.45) is -0.0333. The quantitative estimate of drug-likeness (QED) is 0.800. The average molecular weight is 294 g/mol. The number of aromatic carboxylic acids is 1. The van der Waals surface area contributed by atoms with E-state index in [1.54, 1.807) is 6.07 Å². The van der Waals surface area contributed by atoms with Crippen molar-refractivity contribution in [2.24, 2.45) is 0 Å². The van der Waals surface area contributed by atoms with Crippen LogP contribution in [0.1, 0.15) is 24.2 Å². The smallest absolute Gasteiger partial charge is 0.335 e. The summed E-state index contributed by atoms with van der Waals surface area (Å²) < 4.78 is 11.3. The van der Waals surface area contributed by atoms with Crippen molar-refractivity contribution in [2.75, 3.05) is 32.0 Å². The second-order valence-corrected chi connectivity index (χ2v) is 5.45. The van der Waals surface area contributed by atoms with Gasteiger partial charge in [-0.15, -0.1) is 0 Å². The summed E-state index contributed by atoms with van der Waals surface area (Å²) in [5.41, 5.74) is 6.40. The molecule has 1 aromatic rings. The van der Waals surface area contributed by atoms with Gasteiger partial charge in [0.2, 0.25) is 0 Å². The summed E-state index contributed by atoms with van der Waals surface area (Å²) in [4.78, 5) is 13.3. The number of anilines is 1. The lowest BCUT2D eigenvalue weighted by Crippen LogP contribution is -2.47. The van der Waals surface area contributed by atoms with Crippen molar-refractivity contribution >= 4 is 11.7 Å². The normalized spacial score (nSPS) is 19.7. The number of hydrogen-bond donors (Lipinski definition) is 2. The third kappa shape index (κ3) is 4.09. The summed E-state index contributed by atoms with van der Waals surface area (Å²) in [5.74, 6) is -0.611. The van der Waals surface area contributed by atoms with Crippen LogP contribution in [0.4, 0.5) is 5.69 Å². The van der Waals surface area contributed by atoms with Crippen molar-refractivity contribution in [3.05, 3.63) is 23.8 Å². The molecule has 0 saturated carbocycles. The first-order valence-electron chi connectivity index (χ1n) is 7.08. The molecule has 0 radical (unpaired) electrons. The Hall–Kier alpha value is -1.79. The zero-order valence-corrected chi connectivity index (χ0v) is 12.4. The molecule has 1 aromatic carbocycles. The SMILES string of the molecule is CC(C)N1CCOC(COc2cc(C(=O)O)ccc2N)C1. The molecule has 0 aliphatic carbocycles. The number of ether oxygens (including phenoxy) is 2. The highest BCUT2D eigenvalue weighted by molar-refractivity contribution is 5.89. The number of nitrogen functional groups attached to an aromatic ring is 1. The lowest BCUT2D eigenvalue weighted by Gasteiger charge is -2.35. The number of nitrogens with zero attached hydrogens (tertiary/aromatic N) is 1. The standard InChI is InChI=1S/C15H22N2O4/c1-10(2)17-5-6-20-12(8-17)9-21-14-7-11(15(18)19)3-4-13(14)16/h3-4,7,10,12H,5-6,8-9,16H2,1-2H3,(H,18,19). The minimum absolute atomic E-state index is 0.0333. The minimum Gasteiger partial charge on any atom is -0.489 e. The van der Waals surface area contributed by atoms with Gasteiger partial charge < -0.3 is 20.3 Å². The van der Waals surface area contributed by atoms with E-state index in [0.29, 0.717) is 30.7 Å². The number of rotatable bonds is 5. The maximum absolute atomic E-state index is 11.0. The van der Waals surface area contributed by atoms with Crippen molar-refractivity contribution in [2.45, 2.75) is 26.0 Å². The Morgan fingerprint density at radius 1 is 1.57 bits per heavy atom. The number of benzene rings is 1. The molecule has 1 aliphatic rings. The third-order valence-electron chi connectivity index (χ3n) is 3.59. The van der Waals surface area contributed by atoms with Gasteiger partial charge in [-0.2, -0.15) is 0 Å². The summed E-state index contributed by atoms with van der Waals surface area (Å²) >= 11 is 0. The summed E-state index contributed by atoms with van der Waals surface area (Å²) in [6.45, 7) is 7.06. The van der Waals surface area contributed by atoms with E-state index in [4.69, 9.17) is 20.3 Å². The first kappa shape index (κ1) is 15.6. The first-order valence-corrected chi connectivity index (χ1v) is 7.08. The molecular weight excluding hydrogens is 272 g/mol. The van der Waals surface area contributed by atoms with Crippen molar-refractivity contribution in [1.29, 1.82) is 0 Å². The average Bonchev–Trinajstić information content (AvgIpc) is 2.46. The fourth-order valence-corrected chi connectivity index (χ4v) is 2.29. The van der Waals surface area contributed by atoms with Crippen molar-refractivity contribution in [3.8, 4) is 5.75 Å². The summed E-state index contributed by atoms with van der Waals surface area (Å²) in [5, 5.41) is 8.99. The van der Waals surface area contributed by atoms with E-state index >= 15 is 0 Å². The maximum Gasteiger partial charge on any atom is 0.335 e. The third-order valence-corrected chi connectivity index (χ3v) is 3.59. The van der Waals surface area contributed by atoms with Crippen LogP contribution in [0.5, 0.6) is 5.75 Å². The highest BCUT2D eigenvalue weighted by Crippen LogP contribution is 2.23. The predicted molar refractivity (Wildman–Crippen MR) is 79.8 cm³/mol. The van der Waals surface area contributed by atoms with Crippen LogP contribution in [0.25, 0.3) is 0 Å². The fraction of sp³-hybridized carbons (Fsp3) is 0.533. The number of carbonyl (C=O) groups is 1. The van der Waals surface area contributed by atoms with E-state index in [-0.39, 0.29) is 11.7 Å². The van der Waals surface area contributed by atoms with Crippen LogP contribution >= 0.6 is 0 Å². The summed E-state index contributed by atoms with van der Waals surface area (Å²) in [6, 6.07) is 4.92. The highest BCUT2D eigenvalue weighted by atomic mass is 16.5. The molecule has 0 spiro atoms. The van der Waals surface area contributed by atoms with Crippen LogP contribution in [0, 0.1) is 0 Å². The van der Waals surface area contributed by atoms with Gasteiger partial charge in [-0.25, -0.2) is 4.79 Å². The molecule has 0 amide bonds. The van der Waals surface area contributed by atoms with E-state index < -0.39 is 5.97 Å². The van der Waals surface area contributed by atoms with Gasteiger partial charge in [-0.05, 0) is 32.0 Å². The highest BCUT2D eigenvalue weighted by Gasteiger charge is 2.23. The fourth-order valence-electron chi connectivity index (χ4n) is 2.29. The molecule has 1 fully saturated rings. The molecule has 1 unspecified atom stereocenters.